The number of fused-ring (bicyclic) bond motifs is 1. The van der Waals surface area contributed by atoms with Crippen molar-refractivity contribution >= 4 is 23.2 Å². The molecule has 0 atom stereocenters. The highest BCUT2D eigenvalue weighted by atomic mass is 35.5. The molecule has 1 aliphatic carbocycles. The maximum atomic E-state index is 13.3. The third-order valence-corrected chi connectivity index (χ3v) is 3.87. The van der Waals surface area contributed by atoms with E-state index in [9.17, 15) is 18.0 Å². The number of pyridine rings is 1. The Hall–Kier alpha value is -1.76. The molecule has 0 aliphatic heterocycles. The van der Waals surface area contributed by atoms with Gasteiger partial charge < -0.3 is 4.74 Å². The number of rotatable bonds is 3. The molecule has 0 saturated heterocycles. The summed E-state index contributed by atoms with van der Waals surface area (Å²) in [6.07, 6.45) is -1.37. The zero-order chi connectivity index (χ0) is 16.1. The van der Waals surface area contributed by atoms with Crippen molar-refractivity contribution in [2.75, 3.05) is 6.61 Å². The van der Waals surface area contributed by atoms with Crippen molar-refractivity contribution < 1.29 is 22.7 Å². The molecular formula is C14H12ClF3N2O2. The molecular weight excluding hydrogens is 321 g/mol. The Balaban J connectivity index is 2.23. The largest absolute Gasteiger partial charge is 0.461 e. The lowest BCUT2D eigenvalue weighted by atomic mass is 10.1. The van der Waals surface area contributed by atoms with Gasteiger partial charge in [-0.25, -0.2) is 9.78 Å². The van der Waals surface area contributed by atoms with Gasteiger partial charge >= 0.3 is 12.1 Å². The molecule has 3 rings (SSSR count). The number of alkyl halides is 3. The van der Waals surface area contributed by atoms with Gasteiger partial charge in [0, 0.05) is 6.20 Å². The molecule has 0 bridgehead atoms. The van der Waals surface area contributed by atoms with Crippen LogP contribution in [-0.4, -0.2) is 22.0 Å². The molecule has 1 fully saturated rings. The van der Waals surface area contributed by atoms with Crippen LogP contribution in [0.3, 0.4) is 0 Å². The van der Waals surface area contributed by atoms with E-state index in [-0.39, 0.29) is 29.0 Å². The second-order valence-corrected chi connectivity index (χ2v) is 5.48. The molecule has 0 aromatic carbocycles. The molecule has 2 heterocycles. The Kier molecular flexibility index (Phi) is 3.55. The van der Waals surface area contributed by atoms with Crippen molar-refractivity contribution in [3.8, 4) is 0 Å². The first-order valence-electron chi connectivity index (χ1n) is 6.78. The van der Waals surface area contributed by atoms with Crippen molar-refractivity contribution in [2.24, 2.45) is 0 Å². The lowest BCUT2D eigenvalue weighted by Crippen LogP contribution is -2.09. The van der Waals surface area contributed by atoms with Gasteiger partial charge in [0.05, 0.1) is 12.2 Å². The molecule has 0 amide bonds. The summed E-state index contributed by atoms with van der Waals surface area (Å²) >= 11 is 6.04. The molecule has 0 unspecified atom stereocenters. The molecule has 2 aromatic rings. The van der Waals surface area contributed by atoms with Crippen LogP contribution in [-0.2, 0) is 10.9 Å². The summed E-state index contributed by atoms with van der Waals surface area (Å²) < 4.78 is 45.7. The molecule has 1 aliphatic rings. The fraction of sp³-hybridized carbons (Fsp3) is 0.429. The Labute approximate surface area is 128 Å². The van der Waals surface area contributed by atoms with E-state index in [1.165, 1.54) is 6.20 Å². The molecule has 4 nitrogen and oxygen atoms in total. The summed E-state index contributed by atoms with van der Waals surface area (Å²) in [5, 5.41) is -0.165. The second-order valence-electron chi connectivity index (χ2n) is 5.12. The van der Waals surface area contributed by atoms with Gasteiger partial charge in [-0.1, -0.05) is 11.6 Å². The van der Waals surface area contributed by atoms with E-state index < -0.39 is 17.7 Å². The van der Waals surface area contributed by atoms with Crippen LogP contribution in [0.2, 0.25) is 5.15 Å². The Morgan fingerprint density at radius 1 is 1.50 bits per heavy atom. The van der Waals surface area contributed by atoms with Crippen LogP contribution in [0.5, 0.6) is 0 Å². The van der Waals surface area contributed by atoms with Crippen LogP contribution >= 0.6 is 11.6 Å². The number of carbonyl (C=O) groups is 1. The SMILES string of the molecule is CCOC(=O)c1nc2c(C(F)(F)F)cc(C3CC3)cn2c1Cl. The fourth-order valence-electron chi connectivity index (χ4n) is 2.32. The van der Waals surface area contributed by atoms with Gasteiger partial charge in [-0.15, -0.1) is 0 Å². The van der Waals surface area contributed by atoms with Crippen LogP contribution in [0.25, 0.3) is 5.65 Å². The first kappa shape index (κ1) is 15.1. The number of esters is 1. The van der Waals surface area contributed by atoms with E-state index >= 15 is 0 Å². The first-order valence-corrected chi connectivity index (χ1v) is 7.16. The number of carbonyl (C=O) groups excluding carboxylic acids is 1. The predicted octanol–water partition coefficient (Wildman–Crippen LogP) is 4.06. The molecule has 8 heteroatoms. The average Bonchev–Trinajstić information content (AvgIpc) is 3.22. The number of hydrogen-bond acceptors (Lipinski definition) is 3. The topological polar surface area (TPSA) is 43.6 Å². The van der Waals surface area contributed by atoms with Gasteiger partial charge in [0.1, 0.15) is 5.15 Å². The number of nitrogens with zero attached hydrogens (tertiary/aromatic N) is 2. The summed E-state index contributed by atoms with van der Waals surface area (Å²) in [6, 6.07) is 1.09. The number of imidazole rings is 1. The third kappa shape index (κ3) is 2.54. The molecule has 118 valence electrons. The normalized spacial score (nSPS) is 15.3. The van der Waals surface area contributed by atoms with Crippen molar-refractivity contribution in [3.05, 3.63) is 34.2 Å². The quantitative estimate of drug-likeness (QED) is 0.796. The van der Waals surface area contributed by atoms with Gasteiger partial charge in [0.2, 0.25) is 0 Å². The zero-order valence-electron chi connectivity index (χ0n) is 11.6. The summed E-state index contributed by atoms with van der Waals surface area (Å²) in [4.78, 5) is 15.5. The molecule has 0 spiro atoms. The van der Waals surface area contributed by atoms with E-state index in [1.54, 1.807) is 6.92 Å². The van der Waals surface area contributed by atoms with Gasteiger partial charge in [-0.3, -0.25) is 4.40 Å². The van der Waals surface area contributed by atoms with E-state index in [1.807, 2.05) is 0 Å². The zero-order valence-corrected chi connectivity index (χ0v) is 12.3. The van der Waals surface area contributed by atoms with Crippen LogP contribution in [0.1, 0.15) is 47.3 Å². The monoisotopic (exact) mass is 332 g/mol. The van der Waals surface area contributed by atoms with Crippen molar-refractivity contribution in [3.63, 3.8) is 0 Å². The van der Waals surface area contributed by atoms with E-state index in [4.69, 9.17) is 16.3 Å². The Morgan fingerprint density at radius 2 is 2.18 bits per heavy atom. The molecule has 0 N–H and O–H groups in total. The minimum Gasteiger partial charge on any atom is -0.461 e. The first-order chi connectivity index (χ1) is 10.3. The molecule has 0 radical (unpaired) electrons. The highest BCUT2D eigenvalue weighted by Gasteiger charge is 2.37. The maximum absolute atomic E-state index is 13.3. The number of halogens is 4. The standard InChI is InChI=1S/C14H12ClF3N2O2/c1-2-22-13(21)10-11(15)20-6-8(7-3-4-7)5-9(12(20)19-10)14(16,17)18/h5-7H,2-4H2,1H3. The maximum Gasteiger partial charge on any atom is 0.419 e. The van der Waals surface area contributed by atoms with E-state index in [0.717, 1.165) is 23.3 Å². The minimum absolute atomic E-state index is 0.0858. The lowest BCUT2D eigenvalue weighted by Gasteiger charge is -2.10. The van der Waals surface area contributed by atoms with Crippen LogP contribution in [0.15, 0.2) is 12.3 Å². The highest BCUT2D eigenvalue weighted by molar-refractivity contribution is 6.32. The Bertz CT molecular complexity index is 751. The smallest absolute Gasteiger partial charge is 0.419 e. The van der Waals surface area contributed by atoms with E-state index in [0.29, 0.717) is 5.56 Å². The van der Waals surface area contributed by atoms with Gasteiger partial charge in [-0.2, -0.15) is 13.2 Å². The van der Waals surface area contributed by atoms with Gasteiger partial charge in [0.15, 0.2) is 11.3 Å². The van der Waals surface area contributed by atoms with Crippen molar-refractivity contribution in [1.82, 2.24) is 9.38 Å². The number of ether oxygens (including phenoxy) is 1. The fourth-order valence-corrected chi connectivity index (χ4v) is 2.56. The molecule has 1 saturated carbocycles. The number of aromatic nitrogens is 2. The van der Waals surface area contributed by atoms with Crippen molar-refractivity contribution in [2.45, 2.75) is 31.9 Å². The molecule has 2 aromatic heterocycles. The third-order valence-electron chi connectivity index (χ3n) is 3.51. The van der Waals surface area contributed by atoms with Crippen LogP contribution in [0, 0.1) is 0 Å². The summed E-state index contributed by atoms with van der Waals surface area (Å²) in [6.45, 7) is 1.68. The summed E-state index contributed by atoms with van der Waals surface area (Å²) in [5.74, 6) is -0.729. The predicted molar refractivity (Wildman–Crippen MR) is 73.1 cm³/mol. The van der Waals surface area contributed by atoms with E-state index in [2.05, 4.69) is 4.98 Å². The number of hydrogen-bond donors (Lipinski definition) is 0. The molecule has 22 heavy (non-hydrogen) atoms. The van der Waals surface area contributed by atoms with Crippen molar-refractivity contribution in [1.29, 1.82) is 0 Å². The lowest BCUT2D eigenvalue weighted by molar-refractivity contribution is -0.136. The van der Waals surface area contributed by atoms with Gasteiger partial charge in [-0.05, 0) is 37.3 Å². The minimum atomic E-state index is -4.58. The Morgan fingerprint density at radius 3 is 2.73 bits per heavy atom. The van der Waals surface area contributed by atoms with Gasteiger partial charge in [0.25, 0.3) is 0 Å². The second kappa shape index (κ2) is 5.15. The summed E-state index contributed by atoms with van der Waals surface area (Å²) in [7, 11) is 0. The highest BCUT2D eigenvalue weighted by Crippen LogP contribution is 2.43. The summed E-state index contributed by atoms with van der Waals surface area (Å²) in [5.41, 5.74) is -1.03. The van der Waals surface area contributed by atoms with Crippen LogP contribution in [0.4, 0.5) is 13.2 Å². The van der Waals surface area contributed by atoms with Crippen LogP contribution < -0.4 is 0 Å². The average molecular weight is 333 g/mol.